The maximum absolute atomic E-state index is 13.0. The van der Waals surface area contributed by atoms with E-state index in [0.29, 0.717) is 6.54 Å². The zero-order valence-corrected chi connectivity index (χ0v) is 16.7. The van der Waals surface area contributed by atoms with Crippen LogP contribution in [0.15, 0.2) is 48.5 Å². The van der Waals surface area contributed by atoms with Gasteiger partial charge in [-0.15, -0.1) is 0 Å². The summed E-state index contributed by atoms with van der Waals surface area (Å²) in [5.74, 6) is 0.132. The topological polar surface area (TPSA) is 35.6 Å². The molecule has 1 N–H and O–H groups in total. The third-order valence-electron chi connectivity index (χ3n) is 5.53. The third kappa shape index (κ3) is 4.51. The molecule has 144 valence electrons. The van der Waals surface area contributed by atoms with Crippen molar-refractivity contribution in [1.82, 2.24) is 4.90 Å². The Bertz CT molecular complexity index is 770. The molecule has 4 nitrogen and oxygen atoms in total. The molecule has 0 saturated carbocycles. The van der Waals surface area contributed by atoms with Crippen molar-refractivity contribution in [2.45, 2.75) is 46.2 Å². The second kappa shape index (κ2) is 9.05. The standard InChI is InChI=1S/C23H31N3O/c1-4-25(5-2)17-20-11-6-8-12-21(20)24-16-23(27)26-18(3)14-15-19-10-7-9-13-22(19)26/h6-13,18,24H,4-5,14-17H2,1-3H3/t18-/m1/s1. The molecule has 1 heterocycles. The molecule has 27 heavy (non-hydrogen) atoms. The van der Waals surface area contributed by atoms with Crippen LogP contribution in [-0.2, 0) is 17.8 Å². The second-order valence-electron chi connectivity index (χ2n) is 7.25. The number of benzene rings is 2. The average Bonchev–Trinajstić information content (AvgIpc) is 2.70. The Morgan fingerprint density at radius 3 is 2.59 bits per heavy atom. The molecule has 0 unspecified atom stereocenters. The molecule has 4 heteroatoms. The third-order valence-corrected chi connectivity index (χ3v) is 5.53. The van der Waals surface area contributed by atoms with Crippen molar-refractivity contribution in [3.8, 4) is 0 Å². The van der Waals surface area contributed by atoms with Gasteiger partial charge < -0.3 is 10.2 Å². The van der Waals surface area contributed by atoms with Gasteiger partial charge in [0.15, 0.2) is 0 Å². The van der Waals surface area contributed by atoms with Gasteiger partial charge in [-0.2, -0.15) is 0 Å². The molecule has 1 aliphatic rings. The lowest BCUT2D eigenvalue weighted by molar-refractivity contribution is -0.117. The van der Waals surface area contributed by atoms with E-state index in [1.54, 1.807) is 0 Å². The van der Waals surface area contributed by atoms with Crippen molar-refractivity contribution in [3.63, 3.8) is 0 Å². The molecule has 0 bridgehead atoms. The van der Waals surface area contributed by atoms with E-state index >= 15 is 0 Å². The molecule has 1 aliphatic heterocycles. The summed E-state index contributed by atoms with van der Waals surface area (Å²) in [6.45, 7) is 9.75. The zero-order valence-electron chi connectivity index (χ0n) is 16.7. The molecule has 0 saturated heterocycles. The Hall–Kier alpha value is -2.33. The smallest absolute Gasteiger partial charge is 0.246 e. The number of nitrogens with zero attached hydrogens (tertiary/aromatic N) is 2. The van der Waals surface area contributed by atoms with Gasteiger partial charge in [-0.1, -0.05) is 50.2 Å². The Morgan fingerprint density at radius 1 is 1.11 bits per heavy atom. The Kier molecular flexibility index (Phi) is 6.51. The molecule has 0 spiro atoms. The van der Waals surface area contributed by atoms with Gasteiger partial charge in [0.05, 0.1) is 6.54 Å². The van der Waals surface area contributed by atoms with Crippen LogP contribution >= 0.6 is 0 Å². The van der Waals surface area contributed by atoms with Crippen LogP contribution in [-0.4, -0.2) is 36.5 Å². The van der Waals surface area contributed by atoms with Crippen molar-refractivity contribution >= 4 is 17.3 Å². The lowest BCUT2D eigenvalue weighted by Gasteiger charge is -2.35. The van der Waals surface area contributed by atoms with Crippen molar-refractivity contribution in [1.29, 1.82) is 0 Å². The van der Waals surface area contributed by atoms with Crippen LogP contribution in [0.3, 0.4) is 0 Å². The van der Waals surface area contributed by atoms with Gasteiger partial charge in [0, 0.05) is 24.0 Å². The van der Waals surface area contributed by atoms with Gasteiger partial charge in [-0.3, -0.25) is 9.69 Å². The molecule has 0 aromatic heterocycles. The SMILES string of the molecule is CCN(CC)Cc1ccccc1NCC(=O)N1c2ccccc2CC[C@H]1C. The Balaban J connectivity index is 1.71. The van der Waals surface area contributed by atoms with Crippen LogP contribution < -0.4 is 10.2 Å². The predicted molar refractivity (Wildman–Crippen MR) is 113 cm³/mol. The first kappa shape index (κ1) is 19.4. The summed E-state index contributed by atoms with van der Waals surface area (Å²) in [7, 11) is 0. The van der Waals surface area contributed by atoms with Crippen LogP contribution in [0.1, 0.15) is 38.3 Å². The lowest BCUT2D eigenvalue weighted by atomic mass is 9.96. The number of hydrogen-bond donors (Lipinski definition) is 1. The summed E-state index contributed by atoms with van der Waals surface area (Å²) in [5.41, 5.74) is 4.63. The Labute approximate surface area is 163 Å². The lowest BCUT2D eigenvalue weighted by Crippen LogP contribution is -2.44. The Morgan fingerprint density at radius 2 is 1.81 bits per heavy atom. The molecule has 2 aromatic carbocycles. The number of fused-ring (bicyclic) bond motifs is 1. The van der Waals surface area contributed by atoms with E-state index in [0.717, 1.165) is 43.9 Å². The van der Waals surface area contributed by atoms with Gasteiger partial charge >= 0.3 is 0 Å². The minimum Gasteiger partial charge on any atom is -0.376 e. The van der Waals surface area contributed by atoms with E-state index in [1.807, 2.05) is 17.0 Å². The van der Waals surface area contributed by atoms with E-state index in [9.17, 15) is 4.79 Å². The number of carbonyl (C=O) groups excluding carboxylic acids is 1. The van der Waals surface area contributed by atoms with Gasteiger partial charge in [-0.05, 0) is 56.1 Å². The van der Waals surface area contributed by atoms with Crippen LogP contribution in [0.2, 0.25) is 0 Å². The first-order valence-electron chi connectivity index (χ1n) is 10.1. The fraction of sp³-hybridized carbons (Fsp3) is 0.435. The van der Waals surface area contributed by atoms with E-state index in [-0.39, 0.29) is 11.9 Å². The summed E-state index contributed by atoms with van der Waals surface area (Å²) in [6, 6.07) is 16.8. The predicted octanol–water partition coefficient (Wildman–Crippen LogP) is 4.31. The van der Waals surface area contributed by atoms with Crippen LogP contribution in [0.25, 0.3) is 0 Å². The first-order chi connectivity index (χ1) is 13.1. The summed E-state index contributed by atoms with van der Waals surface area (Å²) >= 11 is 0. The number of para-hydroxylation sites is 2. The summed E-state index contributed by atoms with van der Waals surface area (Å²) in [6.07, 6.45) is 2.06. The monoisotopic (exact) mass is 365 g/mol. The highest BCUT2D eigenvalue weighted by Crippen LogP contribution is 2.30. The van der Waals surface area contributed by atoms with Crippen LogP contribution in [0, 0.1) is 0 Å². The molecule has 0 radical (unpaired) electrons. The largest absolute Gasteiger partial charge is 0.376 e. The molecule has 0 fully saturated rings. The molecule has 2 aromatic rings. The average molecular weight is 366 g/mol. The van der Waals surface area contributed by atoms with E-state index < -0.39 is 0 Å². The number of amides is 1. The maximum Gasteiger partial charge on any atom is 0.246 e. The normalized spacial score (nSPS) is 16.3. The van der Waals surface area contributed by atoms with Crippen molar-refractivity contribution in [2.24, 2.45) is 0 Å². The van der Waals surface area contributed by atoms with Gasteiger partial charge in [0.2, 0.25) is 5.91 Å². The highest BCUT2D eigenvalue weighted by atomic mass is 16.2. The number of nitrogens with one attached hydrogen (secondary N) is 1. The molecular weight excluding hydrogens is 334 g/mol. The number of hydrogen-bond acceptors (Lipinski definition) is 3. The van der Waals surface area contributed by atoms with Gasteiger partial charge in [0.25, 0.3) is 0 Å². The fourth-order valence-corrected chi connectivity index (χ4v) is 3.84. The number of rotatable bonds is 7. The summed E-state index contributed by atoms with van der Waals surface area (Å²) < 4.78 is 0. The van der Waals surface area contributed by atoms with Gasteiger partial charge in [-0.25, -0.2) is 0 Å². The second-order valence-corrected chi connectivity index (χ2v) is 7.25. The van der Waals surface area contributed by atoms with E-state index in [2.05, 4.69) is 67.4 Å². The zero-order chi connectivity index (χ0) is 19.2. The summed E-state index contributed by atoms with van der Waals surface area (Å²) in [4.78, 5) is 17.4. The quantitative estimate of drug-likeness (QED) is 0.794. The van der Waals surface area contributed by atoms with Gasteiger partial charge in [0.1, 0.15) is 0 Å². The number of aryl methyl sites for hydroxylation is 1. The molecule has 3 rings (SSSR count). The first-order valence-corrected chi connectivity index (χ1v) is 10.1. The fourth-order valence-electron chi connectivity index (χ4n) is 3.84. The molecule has 1 amide bonds. The number of carbonyl (C=O) groups is 1. The minimum absolute atomic E-state index is 0.132. The highest BCUT2D eigenvalue weighted by Gasteiger charge is 2.27. The molecule has 1 atom stereocenters. The highest BCUT2D eigenvalue weighted by molar-refractivity contribution is 5.97. The molecule has 0 aliphatic carbocycles. The molecular formula is C23H31N3O. The van der Waals surface area contributed by atoms with Crippen LogP contribution in [0.5, 0.6) is 0 Å². The van der Waals surface area contributed by atoms with Crippen LogP contribution in [0.4, 0.5) is 11.4 Å². The minimum atomic E-state index is 0.132. The van der Waals surface area contributed by atoms with Crippen molar-refractivity contribution in [3.05, 3.63) is 59.7 Å². The number of anilines is 2. The summed E-state index contributed by atoms with van der Waals surface area (Å²) in [5, 5.41) is 3.40. The van der Waals surface area contributed by atoms with E-state index in [4.69, 9.17) is 0 Å². The maximum atomic E-state index is 13.0. The van der Waals surface area contributed by atoms with Crippen molar-refractivity contribution in [2.75, 3.05) is 29.9 Å². The van der Waals surface area contributed by atoms with Crippen molar-refractivity contribution < 1.29 is 4.79 Å². The van der Waals surface area contributed by atoms with E-state index in [1.165, 1.54) is 11.1 Å².